The summed E-state index contributed by atoms with van der Waals surface area (Å²) in [5.41, 5.74) is 15.1. The number of nitrogens with one attached hydrogen (secondary N) is 2. The lowest BCUT2D eigenvalue weighted by Gasteiger charge is -2.32. The van der Waals surface area contributed by atoms with Crippen molar-refractivity contribution in [3.05, 3.63) is 65.6 Å². The number of nitrogen functional groups attached to an aromatic ring is 2. The molecule has 3 aromatic rings. The highest BCUT2D eigenvalue weighted by atomic mass is 16.5. The molecule has 1 unspecified atom stereocenters. The number of hydrogen-bond acceptors (Lipinski definition) is 8. The zero-order valence-electron chi connectivity index (χ0n) is 15.9. The van der Waals surface area contributed by atoms with Crippen molar-refractivity contribution < 1.29 is 4.74 Å². The van der Waals surface area contributed by atoms with Crippen LogP contribution in [0.25, 0.3) is 0 Å². The van der Waals surface area contributed by atoms with E-state index in [4.69, 9.17) is 21.2 Å². The van der Waals surface area contributed by atoms with Crippen LogP contribution in [0.3, 0.4) is 0 Å². The zero-order chi connectivity index (χ0) is 19.8. The fourth-order valence-corrected chi connectivity index (χ4v) is 4.15. The lowest BCUT2D eigenvalue weighted by Crippen LogP contribution is -2.41. The third kappa shape index (κ3) is 3.01. The molecule has 2 aliphatic heterocycles. The van der Waals surface area contributed by atoms with Gasteiger partial charge in [-0.15, -0.1) is 0 Å². The van der Waals surface area contributed by atoms with Crippen LogP contribution < -0.4 is 22.1 Å². The lowest BCUT2D eigenvalue weighted by molar-refractivity contribution is 0.0845. The predicted molar refractivity (Wildman–Crippen MR) is 112 cm³/mol. The normalized spacial score (nSPS) is 21.2. The average Bonchev–Trinajstić information content (AvgIpc) is 3.14. The zero-order valence-corrected chi connectivity index (χ0v) is 15.9. The second-order valence-electron chi connectivity index (χ2n) is 7.42. The molecule has 3 aromatic heterocycles. The summed E-state index contributed by atoms with van der Waals surface area (Å²) in [6, 6.07) is 11.7. The van der Waals surface area contributed by atoms with Crippen molar-refractivity contribution in [2.24, 2.45) is 0 Å². The van der Waals surface area contributed by atoms with E-state index in [1.54, 1.807) is 12.4 Å². The largest absolute Gasteiger partial charge is 0.384 e. The summed E-state index contributed by atoms with van der Waals surface area (Å²) >= 11 is 0. The lowest BCUT2D eigenvalue weighted by atomic mass is 9.92. The summed E-state index contributed by atoms with van der Waals surface area (Å²) in [5, 5.41) is 7.15. The molecule has 1 atom stereocenters. The van der Waals surface area contributed by atoms with Crippen LogP contribution in [-0.2, 0) is 10.4 Å². The highest BCUT2D eigenvalue weighted by molar-refractivity contribution is 5.78. The van der Waals surface area contributed by atoms with Gasteiger partial charge in [0.1, 0.15) is 11.6 Å². The molecule has 0 bridgehead atoms. The Hall–Kier alpha value is -3.39. The van der Waals surface area contributed by atoms with Gasteiger partial charge in [-0.3, -0.25) is 0 Å². The van der Waals surface area contributed by atoms with E-state index >= 15 is 0 Å². The molecule has 0 amide bonds. The van der Waals surface area contributed by atoms with Crippen molar-refractivity contribution in [2.45, 2.75) is 24.4 Å². The van der Waals surface area contributed by atoms with E-state index in [1.807, 2.05) is 24.3 Å². The quantitative estimate of drug-likeness (QED) is 0.539. The Morgan fingerprint density at radius 3 is 2.66 bits per heavy atom. The van der Waals surface area contributed by atoms with Crippen LogP contribution in [0.1, 0.15) is 35.6 Å². The van der Waals surface area contributed by atoms with Gasteiger partial charge in [0.2, 0.25) is 0 Å². The van der Waals surface area contributed by atoms with Crippen LogP contribution in [0.5, 0.6) is 0 Å². The monoisotopic (exact) mass is 389 g/mol. The maximum Gasteiger partial charge on any atom is 0.166 e. The number of rotatable bonds is 3. The van der Waals surface area contributed by atoms with E-state index in [-0.39, 0.29) is 0 Å². The van der Waals surface area contributed by atoms with Gasteiger partial charge in [-0.05, 0) is 49.2 Å². The molecule has 8 heteroatoms. The molecule has 0 radical (unpaired) electrons. The molecule has 148 valence electrons. The topological polar surface area (TPSA) is 124 Å². The van der Waals surface area contributed by atoms with Crippen molar-refractivity contribution >= 4 is 23.1 Å². The van der Waals surface area contributed by atoms with Crippen molar-refractivity contribution in [1.29, 1.82) is 0 Å². The van der Waals surface area contributed by atoms with E-state index in [1.165, 1.54) is 0 Å². The molecule has 6 N–H and O–H groups in total. The molecule has 0 aliphatic carbocycles. The summed E-state index contributed by atoms with van der Waals surface area (Å²) in [5.74, 6) is 2.05. The van der Waals surface area contributed by atoms with E-state index < -0.39 is 5.66 Å². The van der Waals surface area contributed by atoms with Crippen LogP contribution >= 0.6 is 0 Å². The Balaban J connectivity index is 1.60. The maximum absolute atomic E-state index is 6.27. The summed E-state index contributed by atoms with van der Waals surface area (Å²) in [4.78, 5) is 13.4. The SMILES string of the molecule is Nc1cc(C2(c3cccnc3N)Nc3ccc(C4CCOCC4)nc3N2)ccn1. The van der Waals surface area contributed by atoms with Gasteiger partial charge in [-0.25, -0.2) is 15.0 Å². The molecule has 5 rings (SSSR count). The number of fused-ring (bicyclic) bond motifs is 1. The molecule has 1 saturated heterocycles. The minimum atomic E-state index is -0.834. The highest BCUT2D eigenvalue weighted by Crippen LogP contribution is 2.44. The van der Waals surface area contributed by atoms with Crippen molar-refractivity contribution in [3.63, 3.8) is 0 Å². The number of nitrogens with zero attached hydrogens (tertiary/aromatic N) is 3. The van der Waals surface area contributed by atoms with Gasteiger partial charge in [0.25, 0.3) is 0 Å². The third-order valence-corrected chi connectivity index (χ3v) is 5.64. The molecule has 0 spiro atoms. The van der Waals surface area contributed by atoms with E-state index in [0.29, 0.717) is 17.6 Å². The Morgan fingerprint density at radius 2 is 1.86 bits per heavy atom. The molecular formula is C21H23N7O. The molecule has 5 heterocycles. The number of pyridine rings is 3. The maximum atomic E-state index is 6.27. The first-order valence-electron chi connectivity index (χ1n) is 9.74. The summed E-state index contributed by atoms with van der Waals surface area (Å²) in [7, 11) is 0. The smallest absolute Gasteiger partial charge is 0.166 e. The molecule has 1 fully saturated rings. The van der Waals surface area contributed by atoms with Gasteiger partial charge >= 0.3 is 0 Å². The first-order chi connectivity index (χ1) is 14.2. The Morgan fingerprint density at radius 1 is 1.00 bits per heavy atom. The number of nitrogens with two attached hydrogens (primary N) is 2. The van der Waals surface area contributed by atoms with Gasteiger partial charge in [0.05, 0.1) is 5.69 Å². The fraction of sp³-hybridized carbons (Fsp3) is 0.286. The van der Waals surface area contributed by atoms with Gasteiger partial charge < -0.3 is 26.8 Å². The Labute approximate surface area is 168 Å². The van der Waals surface area contributed by atoms with Crippen molar-refractivity contribution in [3.8, 4) is 0 Å². The van der Waals surface area contributed by atoms with Crippen molar-refractivity contribution in [2.75, 3.05) is 35.3 Å². The Kier molecular flexibility index (Phi) is 4.21. The second-order valence-corrected chi connectivity index (χ2v) is 7.42. The van der Waals surface area contributed by atoms with Gasteiger partial charge in [-0.2, -0.15) is 0 Å². The van der Waals surface area contributed by atoms with Gasteiger partial charge in [0, 0.05) is 48.3 Å². The van der Waals surface area contributed by atoms with Gasteiger partial charge in [-0.1, -0.05) is 0 Å². The molecule has 0 aromatic carbocycles. The number of ether oxygens (including phenoxy) is 1. The van der Waals surface area contributed by atoms with E-state index in [0.717, 1.165) is 54.4 Å². The standard InChI is InChI=1S/C21H23N7O/c22-18-12-14(5-9-24-18)21(15-2-1-8-25-19(15)23)27-17-4-3-16(26-20(17)28-21)13-6-10-29-11-7-13/h1-5,8-9,12-13,27H,6-7,10-11H2,(H2,22,24)(H2,23,25)(H,26,28). The second kappa shape index (κ2) is 6.89. The molecule has 29 heavy (non-hydrogen) atoms. The molecule has 2 aliphatic rings. The average molecular weight is 389 g/mol. The van der Waals surface area contributed by atoms with E-state index in [9.17, 15) is 0 Å². The fourth-order valence-electron chi connectivity index (χ4n) is 4.15. The van der Waals surface area contributed by atoms with Gasteiger partial charge in [0.15, 0.2) is 11.5 Å². The molecular weight excluding hydrogens is 366 g/mol. The van der Waals surface area contributed by atoms with Crippen LogP contribution in [-0.4, -0.2) is 28.2 Å². The summed E-state index contributed by atoms with van der Waals surface area (Å²) in [6.07, 6.45) is 5.34. The third-order valence-electron chi connectivity index (χ3n) is 5.64. The first kappa shape index (κ1) is 17.7. The van der Waals surface area contributed by atoms with Crippen LogP contribution in [0.15, 0.2) is 48.8 Å². The number of hydrogen-bond donors (Lipinski definition) is 4. The molecule has 8 nitrogen and oxygen atoms in total. The Bertz CT molecular complexity index is 1050. The van der Waals surface area contributed by atoms with E-state index in [2.05, 4.69) is 32.7 Å². The van der Waals surface area contributed by atoms with Crippen molar-refractivity contribution in [1.82, 2.24) is 15.0 Å². The predicted octanol–water partition coefficient (Wildman–Crippen LogP) is 2.67. The van der Waals surface area contributed by atoms with Crippen LogP contribution in [0.2, 0.25) is 0 Å². The highest BCUT2D eigenvalue weighted by Gasteiger charge is 2.42. The minimum absolute atomic E-state index is 0.408. The van der Waals surface area contributed by atoms with Crippen LogP contribution in [0.4, 0.5) is 23.1 Å². The first-order valence-corrected chi connectivity index (χ1v) is 9.74. The minimum Gasteiger partial charge on any atom is -0.384 e. The number of aromatic nitrogens is 3. The summed E-state index contributed by atoms with van der Waals surface area (Å²) in [6.45, 7) is 1.56. The summed E-state index contributed by atoms with van der Waals surface area (Å²) < 4.78 is 5.49. The van der Waals surface area contributed by atoms with Crippen LogP contribution in [0, 0.1) is 0 Å². The molecule has 0 saturated carbocycles. The number of anilines is 4.